The van der Waals surface area contributed by atoms with Gasteiger partial charge in [0.25, 0.3) is 5.69 Å². The first kappa shape index (κ1) is 13.5. The van der Waals surface area contributed by atoms with Gasteiger partial charge in [0.2, 0.25) is 0 Å². The quantitative estimate of drug-likeness (QED) is 0.680. The van der Waals surface area contributed by atoms with Gasteiger partial charge in [0.05, 0.1) is 11.0 Å². The highest BCUT2D eigenvalue weighted by atomic mass is 79.9. The molecule has 0 amide bonds. The van der Waals surface area contributed by atoms with Crippen LogP contribution in [-0.2, 0) is 6.54 Å². The van der Waals surface area contributed by atoms with Crippen LogP contribution in [0.5, 0.6) is 0 Å². The van der Waals surface area contributed by atoms with Crippen molar-refractivity contribution in [2.24, 2.45) is 0 Å². The Hall–Kier alpha value is -1.95. The number of halogens is 2. The lowest BCUT2D eigenvalue weighted by Crippen LogP contribution is -2.00. The van der Waals surface area contributed by atoms with E-state index in [0.717, 1.165) is 16.1 Å². The number of hydrogen-bond donors (Lipinski definition) is 1. The summed E-state index contributed by atoms with van der Waals surface area (Å²) >= 11 is 3.35. The number of nitro groups is 1. The van der Waals surface area contributed by atoms with Gasteiger partial charge >= 0.3 is 0 Å². The van der Waals surface area contributed by atoms with Crippen molar-refractivity contribution in [1.82, 2.24) is 0 Å². The monoisotopic (exact) mass is 324 g/mol. The molecule has 2 rings (SSSR count). The van der Waals surface area contributed by atoms with Crippen molar-refractivity contribution in [2.45, 2.75) is 6.54 Å². The molecule has 0 heterocycles. The Labute approximate surface area is 117 Å². The molecule has 0 unspecified atom stereocenters. The van der Waals surface area contributed by atoms with Gasteiger partial charge in [-0.05, 0) is 23.8 Å². The lowest BCUT2D eigenvalue weighted by Gasteiger charge is -2.07. The minimum atomic E-state index is -0.633. The molecule has 98 valence electrons. The van der Waals surface area contributed by atoms with Crippen LogP contribution in [0.2, 0.25) is 0 Å². The van der Waals surface area contributed by atoms with Crippen molar-refractivity contribution in [1.29, 1.82) is 0 Å². The Bertz CT molecular complexity index is 619. The van der Waals surface area contributed by atoms with E-state index in [1.54, 1.807) is 0 Å². The Morgan fingerprint density at radius 2 is 2.05 bits per heavy atom. The van der Waals surface area contributed by atoms with Crippen LogP contribution < -0.4 is 5.32 Å². The zero-order chi connectivity index (χ0) is 13.8. The average Bonchev–Trinajstić information content (AvgIpc) is 2.36. The molecule has 2 aromatic carbocycles. The van der Waals surface area contributed by atoms with Crippen molar-refractivity contribution in [3.8, 4) is 0 Å². The van der Waals surface area contributed by atoms with Gasteiger partial charge < -0.3 is 5.32 Å². The Morgan fingerprint density at radius 1 is 1.26 bits per heavy atom. The van der Waals surface area contributed by atoms with E-state index >= 15 is 0 Å². The molecule has 6 heteroatoms. The van der Waals surface area contributed by atoms with Crippen LogP contribution in [0.25, 0.3) is 0 Å². The molecular weight excluding hydrogens is 315 g/mol. The van der Waals surface area contributed by atoms with E-state index in [2.05, 4.69) is 21.2 Å². The summed E-state index contributed by atoms with van der Waals surface area (Å²) in [6.07, 6.45) is 0. The first-order valence-corrected chi connectivity index (χ1v) is 6.27. The van der Waals surface area contributed by atoms with Gasteiger partial charge in [0.15, 0.2) is 0 Å². The molecule has 1 N–H and O–H groups in total. The fourth-order valence-corrected chi connectivity index (χ4v) is 2.08. The predicted octanol–water partition coefficient (Wildman–Crippen LogP) is 4.11. The maximum atomic E-state index is 13.2. The first-order valence-electron chi connectivity index (χ1n) is 5.48. The third kappa shape index (κ3) is 3.75. The van der Waals surface area contributed by atoms with Crippen molar-refractivity contribution >= 4 is 27.3 Å². The summed E-state index contributed by atoms with van der Waals surface area (Å²) in [5.41, 5.74) is 1.10. The third-order valence-electron chi connectivity index (χ3n) is 2.48. The summed E-state index contributed by atoms with van der Waals surface area (Å²) in [5, 5.41) is 13.6. The number of non-ortho nitro benzene ring substituents is 1. The van der Waals surface area contributed by atoms with E-state index < -0.39 is 10.7 Å². The fourth-order valence-electron chi connectivity index (χ4n) is 1.63. The highest BCUT2D eigenvalue weighted by Gasteiger charge is 2.09. The molecule has 19 heavy (non-hydrogen) atoms. The molecule has 0 fully saturated rings. The molecule has 0 radical (unpaired) electrons. The second kappa shape index (κ2) is 5.79. The van der Waals surface area contributed by atoms with Gasteiger partial charge in [-0.15, -0.1) is 0 Å². The smallest absolute Gasteiger partial charge is 0.274 e. The minimum absolute atomic E-state index is 0.267. The first-order chi connectivity index (χ1) is 9.04. The molecule has 0 aliphatic carbocycles. The van der Waals surface area contributed by atoms with E-state index in [4.69, 9.17) is 0 Å². The average molecular weight is 325 g/mol. The van der Waals surface area contributed by atoms with Crippen LogP contribution in [0.4, 0.5) is 15.8 Å². The lowest BCUT2D eigenvalue weighted by atomic mass is 10.2. The summed E-state index contributed by atoms with van der Waals surface area (Å²) in [6.45, 7) is 0.458. The van der Waals surface area contributed by atoms with E-state index in [1.165, 1.54) is 12.1 Å². The Morgan fingerprint density at radius 3 is 2.74 bits per heavy atom. The maximum Gasteiger partial charge on any atom is 0.274 e. The zero-order valence-corrected chi connectivity index (χ0v) is 11.4. The van der Waals surface area contributed by atoms with Crippen molar-refractivity contribution in [3.05, 3.63) is 68.4 Å². The molecule has 0 aliphatic heterocycles. The molecule has 0 aliphatic rings. The molecule has 0 bridgehead atoms. The largest absolute Gasteiger partial charge is 0.381 e. The van der Waals surface area contributed by atoms with E-state index in [0.29, 0.717) is 12.2 Å². The number of nitro benzene ring substituents is 1. The molecule has 0 spiro atoms. The molecule has 0 atom stereocenters. The number of hydrogen-bond acceptors (Lipinski definition) is 3. The molecule has 2 aromatic rings. The topological polar surface area (TPSA) is 55.2 Å². The number of nitrogens with one attached hydrogen (secondary N) is 1. The van der Waals surface area contributed by atoms with Gasteiger partial charge in [-0.2, -0.15) is 0 Å². The SMILES string of the molecule is O=[N+]([O-])c1cc(F)cc(NCc2cccc(Br)c2)c1. The van der Waals surface area contributed by atoms with Crippen LogP contribution >= 0.6 is 15.9 Å². The normalized spacial score (nSPS) is 10.2. The summed E-state index contributed by atoms with van der Waals surface area (Å²) in [7, 11) is 0. The summed E-state index contributed by atoms with van der Waals surface area (Å²) in [4.78, 5) is 10.0. The van der Waals surface area contributed by atoms with E-state index in [-0.39, 0.29) is 5.69 Å². The second-order valence-corrected chi connectivity index (χ2v) is 4.85. The maximum absolute atomic E-state index is 13.2. The van der Waals surface area contributed by atoms with Gasteiger partial charge in [-0.1, -0.05) is 28.1 Å². The number of benzene rings is 2. The number of anilines is 1. The van der Waals surface area contributed by atoms with Crippen molar-refractivity contribution < 1.29 is 9.31 Å². The van der Waals surface area contributed by atoms with E-state index in [9.17, 15) is 14.5 Å². The van der Waals surface area contributed by atoms with Crippen LogP contribution in [0, 0.1) is 15.9 Å². The van der Waals surface area contributed by atoms with Crippen LogP contribution in [0.15, 0.2) is 46.9 Å². The van der Waals surface area contributed by atoms with Crippen LogP contribution in [-0.4, -0.2) is 4.92 Å². The fraction of sp³-hybridized carbons (Fsp3) is 0.0769. The Balaban J connectivity index is 2.13. The molecule has 0 saturated carbocycles. The zero-order valence-electron chi connectivity index (χ0n) is 9.77. The third-order valence-corrected chi connectivity index (χ3v) is 2.97. The van der Waals surface area contributed by atoms with Crippen molar-refractivity contribution in [3.63, 3.8) is 0 Å². The molecular formula is C13H10BrFN2O2. The second-order valence-electron chi connectivity index (χ2n) is 3.94. The number of rotatable bonds is 4. The van der Waals surface area contributed by atoms with Crippen LogP contribution in [0.1, 0.15) is 5.56 Å². The highest BCUT2D eigenvalue weighted by Crippen LogP contribution is 2.21. The van der Waals surface area contributed by atoms with Crippen molar-refractivity contribution in [2.75, 3.05) is 5.32 Å². The van der Waals surface area contributed by atoms with Gasteiger partial charge in [-0.25, -0.2) is 4.39 Å². The lowest BCUT2D eigenvalue weighted by molar-refractivity contribution is -0.385. The summed E-state index contributed by atoms with van der Waals surface area (Å²) in [6, 6.07) is 11.0. The Kier molecular flexibility index (Phi) is 4.11. The molecule has 0 saturated heterocycles. The van der Waals surface area contributed by atoms with Gasteiger partial charge in [0.1, 0.15) is 5.82 Å². The minimum Gasteiger partial charge on any atom is -0.381 e. The van der Waals surface area contributed by atoms with Gasteiger partial charge in [0, 0.05) is 22.8 Å². The van der Waals surface area contributed by atoms with Crippen LogP contribution in [0.3, 0.4) is 0 Å². The van der Waals surface area contributed by atoms with E-state index in [1.807, 2.05) is 24.3 Å². The standard InChI is InChI=1S/C13H10BrFN2O2/c14-10-3-1-2-9(4-10)8-16-12-5-11(15)6-13(7-12)17(18)19/h1-7,16H,8H2. The molecule has 4 nitrogen and oxygen atoms in total. The summed E-state index contributed by atoms with van der Waals surface area (Å²) in [5.74, 6) is -0.633. The highest BCUT2D eigenvalue weighted by molar-refractivity contribution is 9.10. The number of nitrogens with zero attached hydrogens (tertiary/aromatic N) is 1. The molecule has 0 aromatic heterocycles. The summed E-state index contributed by atoms with van der Waals surface area (Å²) < 4.78 is 14.2. The predicted molar refractivity (Wildman–Crippen MR) is 74.5 cm³/mol. The van der Waals surface area contributed by atoms with Gasteiger partial charge in [-0.3, -0.25) is 10.1 Å².